The average molecular weight is 397 g/mol. The molecule has 1 aliphatic heterocycles. The fourth-order valence-electron chi connectivity index (χ4n) is 3.37. The summed E-state index contributed by atoms with van der Waals surface area (Å²) < 4.78 is 5.46. The second kappa shape index (κ2) is 10.0. The van der Waals surface area contributed by atoms with E-state index in [-0.39, 0.29) is 30.2 Å². The number of aryl methyl sites for hydroxylation is 1. The van der Waals surface area contributed by atoms with Gasteiger partial charge in [0.05, 0.1) is 25.8 Å². The Kier molecular flexibility index (Phi) is 7.21. The molecule has 29 heavy (non-hydrogen) atoms. The Hall–Kier alpha value is -2.90. The summed E-state index contributed by atoms with van der Waals surface area (Å²) in [7, 11) is 0. The van der Waals surface area contributed by atoms with Crippen molar-refractivity contribution in [3.05, 3.63) is 65.2 Å². The van der Waals surface area contributed by atoms with Crippen molar-refractivity contribution in [3.63, 3.8) is 0 Å². The first-order valence-electron chi connectivity index (χ1n) is 9.75. The summed E-state index contributed by atoms with van der Waals surface area (Å²) in [5.74, 6) is -0.517. The number of nitrogens with one attached hydrogen (secondary N) is 2. The number of carbonyl (C=O) groups excluding carboxylic acids is 2. The molecular formula is C22H27N3O4. The third-order valence-electron chi connectivity index (χ3n) is 4.94. The van der Waals surface area contributed by atoms with E-state index in [1.807, 2.05) is 6.07 Å². The summed E-state index contributed by atoms with van der Waals surface area (Å²) in [6.07, 6.45) is 0. The fraction of sp³-hybridized carbons (Fsp3) is 0.364. The van der Waals surface area contributed by atoms with Crippen LogP contribution in [0.25, 0.3) is 0 Å². The highest BCUT2D eigenvalue weighted by atomic mass is 16.5. The molecule has 3 rings (SSSR count). The van der Waals surface area contributed by atoms with Crippen LogP contribution in [0.3, 0.4) is 0 Å². The van der Waals surface area contributed by atoms with Crippen LogP contribution in [-0.4, -0.2) is 61.2 Å². The van der Waals surface area contributed by atoms with Crippen LogP contribution < -0.4 is 10.6 Å². The molecule has 0 bridgehead atoms. The van der Waals surface area contributed by atoms with Gasteiger partial charge in [-0.15, -0.1) is 0 Å². The standard InChI is InChI=1S/C22H27N3O4/c1-16-3-2-4-18(13-16)20(25-9-11-29-12-10-25)14-23-21(27)15-24-22(28)17-5-7-19(26)8-6-17/h2-8,13,20,26H,9-12,14-15H2,1H3,(H,23,27)(H,24,28). The number of carbonyl (C=O) groups is 2. The van der Waals surface area contributed by atoms with Crippen molar-refractivity contribution in [2.24, 2.45) is 0 Å². The number of aromatic hydroxyl groups is 1. The van der Waals surface area contributed by atoms with Crippen molar-refractivity contribution < 1.29 is 19.4 Å². The second-order valence-electron chi connectivity index (χ2n) is 7.11. The van der Waals surface area contributed by atoms with Crippen LogP contribution in [-0.2, 0) is 9.53 Å². The Balaban J connectivity index is 1.56. The van der Waals surface area contributed by atoms with Crippen molar-refractivity contribution in [1.82, 2.24) is 15.5 Å². The van der Waals surface area contributed by atoms with Crippen LogP contribution in [0, 0.1) is 6.92 Å². The SMILES string of the molecule is Cc1cccc(C(CNC(=O)CNC(=O)c2ccc(O)cc2)N2CCOCC2)c1. The summed E-state index contributed by atoms with van der Waals surface area (Å²) >= 11 is 0. The second-order valence-corrected chi connectivity index (χ2v) is 7.11. The Labute approximate surface area is 170 Å². The van der Waals surface area contributed by atoms with Crippen molar-refractivity contribution in [3.8, 4) is 5.75 Å². The predicted molar refractivity (Wildman–Crippen MR) is 110 cm³/mol. The highest BCUT2D eigenvalue weighted by Gasteiger charge is 2.23. The Morgan fingerprint density at radius 3 is 2.52 bits per heavy atom. The van der Waals surface area contributed by atoms with Gasteiger partial charge in [-0.3, -0.25) is 14.5 Å². The number of phenols is 1. The van der Waals surface area contributed by atoms with Gasteiger partial charge >= 0.3 is 0 Å². The van der Waals surface area contributed by atoms with Gasteiger partial charge in [0.2, 0.25) is 5.91 Å². The van der Waals surface area contributed by atoms with E-state index >= 15 is 0 Å². The van der Waals surface area contributed by atoms with Crippen molar-refractivity contribution in [2.75, 3.05) is 39.4 Å². The fourth-order valence-corrected chi connectivity index (χ4v) is 3.37. The molecule has 1 unspecified atom stereocenters. The number of ether oxygens (including phenoxy) is 1. The van der Waals surface area contributed by atoms with E-state index in [4.69, 9.17) is 4.74 Å². The van der Waals surface area contributed by atoms with Gasteiger partial charge in [-0.1, -0.05) is 29.8 Å². The molecule has 1 saturated heterocycles. The minimum atomic E-state index is -0.358. The molecule has 1 aliphatic rings. The Bertz CT molecular complexity index is 832. The highest BCUT2D eigenvalue weighted by Crippen LogP contribution is 2.22. The number of morpholine rings is 1. The molecule has 1 atom stereocenters. The van der Waals surface area contributed by atoms with Gasteiger partial charge in [0.15, 0.2) is 0 Å². The Morgan fingerprint density at radius 2 is 1.83 bits per heavy atom. The van der Waals surface area contributed by atoms with Crippen LogP contribution in [0.5, 0.6) is 5.75 Å². The first kappa shape index (κ1) is 20.8. The summed E-state index contributed by atoms with van der Waals surface area (Å²) in [4.78, 5) is 26.7. The number of benzene rings is 2. The maximum absolute atomic E-state index is 12.3. The van der Waals surface area contributed by atoms with E-state index in [0.717, 1.165) is 18.7 Å². The average Bonchev–Trinajstić information content (AvgIpc) is 2.73. The van der Waals surface area contributed by atoms with E-state index < -0.39 is 0 Å². The quantitative estimate of drug-likeness (QED) is 0.661. The van der Waals surface area contributed by atoms with Crippen LogP contribution >= 0.6 is 0 Å². The lowest BCUT2D eigenvalue weighted by Crippen LogP contribution is -2.45. The zero-order valence-corrected chi connectivity index (χ0v) is 16.6. The number of hydrogen-bond acceptors (Lipinski definition) is 5. The molecule has 1 fully saturated rings. The van der Waals surface area contributed by atoms with Gasteiger partial charge in [0.1, 0.15) is 5.75 Å². The monoisotopic (exact) mass is 397 g/mol. The van der Waals surface area contributed by atoms with Crippen molar-refractivity contribution in [1.29, 1.82) is 0 Å². The largest absolute Gasteiger partial charge is 0.508 e. The lowest BCUT2D eigenvalue weighted by molar-refractivity contribution is -0.120. The molecule has 1 heterocycles. The summed E-state index contributed by atoms with van der Waals surface area (Å²) in [6, 6.07) is 14.2. The predicted octanol–water partition coefficient (Wildman–Crippen LogP) is 1.62. The molecule has 0 saturated carbocycles. The van der Waals surface area contributed by atoms with Crippen LogP contribution in [0.1, 0.15) is 27.5 Å². The first-order valence-corrected chi connectivity index (χ1v) is 9.75. The third kappa shape index (κ3) is 6.04. The van der Waals surface area contributed by atoms with Gasteiger partial charge in [0, 0.05) is 25.2 Å². The number of rotatable bonds is 7. The maximum Gasteiger partial charge on any atom is 0.251 e. The molecule has 0 aliphatic carbocycles. The third-order valence-corrected chi connectivity index (χ3v) is 4.94. The minimum Gasteiger partial charge on any atom is -0.508 e. The molecule has 2 aromatic rings. The lowest BCUT2D eigenvalue weighted by Gasteiger charge is -2.35. The van der Waals surface area contributed by atoms with Crippen molar-refractivity contribution in [2.45, 2.75) is 13.0 Å². The molecule has 7 heteroatoms. The molecule has 2 amide bonds. The zero-order valence-electron chi connectivity index (χ0n) is 16.6. The van der Waals surface area contributed by atoms with Gasteiger partial charge in [-0.2, -0.15) is 0 Å². The number of amides is 2. The van der Waals surface area contributed by atoms with E-state index in [2.05, 4.69) is 40.7 Å². The maximum atomic E-state index is 12.3. The topological polar surface area (TPSA) is 90.9 Å². The first-order chi connectivity index (χ1) is 14.0. The van der Waals surface area contributed by atoms with Crippen LogP contribution in [0.15, 0.2) is 48.5 Å². The Morgan fingerprint density at radius 1 is 1.10 bits per heavy atom. The summed E-state index contributed by atoms with van der Waals surface area (Å²) in [5.41, 5.74) is 2.72. The molecule has 154 valence electrons. The van der Waals surface area contributed by atoms with E-state index in [1.165, 1.54) is 29.8 Å². The molecule has 0 spiro atoms. The van der Waals surface area contributed by atoms with Gasteiger partial charge in [-0.25, -0.2) is 0 Å². The number of phenolic OH excluding ortho intramolecular Hbond substituents is 1. The highest BCUT2D eigenvalue weighted by molar-refractivity contribution is 5.96. The molecule has 7 nitrogen and oxygen atoms in total. The zero-order chi connectivity index (χ0) is 20.6. The van der Waals surface area contributed by atoms with Crippen LogP contribution in [0.4, 0.5) is 0 Å². The molecule has 0 radical (unpaired) electrons. The van der Waals surface area contributed by atoms with Crippen LogP contribution in [0.2, 0.25) is 0 Å². The molecule has 3 N–H and O–H groups in total. The summed E-state index contributed by atoms with van der Waals surface area (Å²) in [5, 5.41) is 14.8. The minimum absolute atomic E-state index is 0.0514. The molecular weight excluding hydrogens is 370 g/mol. The lowest BCUT2D eigenvalue weighted by atomic mass is 10.0. The number of nitrogens with zero attached hydrogens (tertiary/aromatic N) is 1. The smallest absolute Gasteiger partial charge is 0.251 e. The van der Waals surface area contributed by atoms with Gasteiger partial charge < -0.3 is 20.5 Å². The number of hydrogen-bond donors (Lipinski definition) is 3. The molecule has 0 aromatic heterocycles. The van der Waals surface area contributed by atoms with E-state index in [0.29, 0.717) is 25.3 Å². The van der Waals surface area contributed by atoms with Gasteiger partial charge in [-0.05, 0) is 36.8 Å². The normalized spacial score (nSPS) is 15.5. The van der Waals surface area contributed by atoms with E-state index in [9.17, 15) is 14.7 Å². The van der Waals surface area contributed by atoms with E-state index in [1.54, 1.807) is 0 Å². The van der Waals surface area contributed by atoms with Crippen molar-refractivity contribution >= 4 is 11.8 Å². The van der Waals surface area contributed by atoms with Gasteiger partial charge in [0.25, 0.3) is 5.91 Å². The molecule has 2 aromatic carbocycles. The summed E-state index contributed by atoms with van der Waals surface area (Å²) in [6.45, 7) is 5.38.